The van der Waals surface area contributed by atoms with Crippen LogP contribution in [0, 0.1) is 0 Å². The molecule has 0 radical (unpaired) electrons. The lowest BCUT2D eigenvalue weighted by Crippen LogP contribution is -2.41. The van der Waals surface area contributed by atoms with Gasteiger partial charge in [0.05, 0.1) is 17.4 Å². The molecule has 0 unspecified atom stereocenters. The van der Waals surface area contributed by atoms with E-state index in [1.165, 1.54) is 0 Å². The van der Waals surface area contributed by atoms with E-state index in [2.05, 4.69) is 10.3 Å². The van der Waals surface area contributed by atoms with Crippen LogP contribution >= 0.6 is 0 Å². The van der Waals surface area contributed by atoms with Gasteiger partial charge in [0.2, 0.25) is 0 Å². The van der Waals surface area contributed by atoms with E-state index in [4.69, 9.17) is 9.31 Å². The van der Waals surface area contributed by atoms with Gasteiger partial charge in [-0.05, 0) is 27.7 Å². The van der Waals surface area contributed by atoms with E-state index < -0.39 is 24.9 Å². The number of halogens is 2. The molecule has 2 heterocycles. The van der Waals surface area contributed by atoms with Crippen LogP contribution in [0.4, 0.5) is 8.78 Å². The summed E-state index contributed by atoms with van der Waals surface area (Å²) >= 11 is 0. The zero-order valence-electron chi connectivity index (χ0n) is 10.1. The van der Waals surface area contributed by atoms with E-state index in [1.54, 1.807) is 0 Å². The first-order chi connectivity index (χ1) is 7.73. The fraction of sp³-hybridized carbons (Fsp3) is 0.778. The maximum Gasteiger partial charge on any atom is 0.518 e. The van der Waals surface area contributed by atoms with Crippen LogP contribution in [-0.4, -0.2) is 33.3 Å². The van der Waals surface area contributed by atoms with Crippen molar-refractivity contribution >= 4 is 12.7 Å². The Bertz CT molecular complexity index is 406. The van der Waals surface area contributed by atoms with Crippen LogP contribution in [0.2, 0.25) is 0 Å². The van der Waals surface area contributed by atoms with E-state index in [-0.39, 0.29) is 5.59 Å². The fourth-order valence-electron chi connectivity index (χ4n) is 1.46. The molecule has 0 aromatic carbocycles. The molecule has 94 valence electrons. The second kappa shape index (κ2) is 3.74. The van der Waals surface area contributed by atoms with Crippen molar-refractivity contribution < 1.29 is 18.1 Å². The fourth-order valence-corrected chi connectivity index (χ4v) is 1.46. The van der Waals surface area contributed by atoms with Gasteiger partial charge in [0.1, 0.15) is 5.59 Å². The Kier molecular flexibility index (Phi) is 2.74. The molecule has 1 fully saturated rings. The highest BCUT2D eigenvalue weighted by Crippen LogP contribution is 2.36. The monoisotopic (exact) mass is 245 g/mol. The summed E-state index contributed by atoms with van der Waals surface area (Å²) in [5.41, 5.74) is -0.789. The van der Waals surface area contributed by atoms with Crippen molar-refractivity contribution in [1.29, 1.82) is 0 Å². The third-order valence-corrected chi connectivity index (χ3v) is 3.22. The number of hydrogen-bond donors (Lipinski definition) is 0. The van der Waals surface area contributed by atoms with E-state index in [0.29, 0.717) is 4.68 Å². The van der Waals surface area contributed by atoms with Crippen LogP contribution in [0.1, 0.15) is 34.2 Å². The summed E-state index contributed by atoms with van der Waals surface area (Å²) in [6, 6.07) is 0. The molecule has 1 saturated heterocycles. The lowest BCUT2D eigenvalue weighted by Gasteiger charge is -2.32. The van der Waals surface area contributed by atoms with E-state index in [9.17, 15) is 8.78 Å². The molecule has 0 amide bonds. The third-order valence-electron chi connectivity index (χ3n) is 3.22. The van der Waals surface area contributed by atoms with Gasteiger partial charge in [0.25, 0.3) is 0 Å². The summed E-state index contributed by atoms with van der Waals surface area (Å²) in [4.78, 5) is 0. The van der Waals surface area contributed by atoms with Crippen LogP contribution in [-0.2, 0) is 9.31 Å². The molecule has 1 aromatic heterocycles. The number of rotatable bonds is 2. The molecule has 0 N–H and O–H groups in total. The topological polar surface area (TPSA) is 49.2 Å². The van der Waals surface area contributed by atoms with Crippen molar-refractivity contribution in [3.8, 4) is 0 Å². The minimum atomic E-state index is -2.71. The standard InChI is InChI=1S/C9H14BF2N3O2/c1-8(2)9(3,4)17-10(16-8)6-5-15(7(11)12)14-13-6/h5,7H,1-4H3. The SMILES string of the molecule is CC1(C)OB(c2cn(C(F)F)nn2)OC1(C)C. The van der Waals surface area contributed by atoms with Crippen molar-refractivity contribution in [1.82, 2.24) is 15.0 Å². The van der Waals surface area contributed by atoms with Crippen molar-refractivity contribution in [3.05, 3.63) is 6.20 Å². The Morgan fingerprint density at radius 2 is 1.76 bits per heavy atom. The van der Waals surface area contributed by atoms with Gasteiger partial charge < -0.3 is 9.31 Å². The molecule has 1 aliphatic heterocycles. The second-order valence-corrected chi connectivity index (χ2v) is 4.99. The van der Waals surface area contributed by atoms with Gasteiger partial charge in [-0.2, -0.15) is 13.5 Å². The molecule has 2 rings (SSSR count). The van der Waals surface area contributed by atoms with Gasteiger partial charge in [0.15, 0.2) is 0 Å². The Balaban J connectivity index is 2.20. The van der Waals surface area contributed by atoms with Crippen LogP contribution in [0.5, 0.6) is 0 Å². The van der Waals surface area contributed by atoms with E-state index in [0.717, 1.165) is 6.20 Å². The molecular formula is C9H14BF2N3O2. The largest absolute Gasteiger partial charge is 0.518 e. The lowest BCUT2D eigenvalue weighted by molar-refractivity contribution is 0.00578. The summed E-state index contributed by atoms with van der Waals surface area (Å²) in [5.74, 6) is 0. The summed E-state index contributed by atoms with van der Waals surface area (Å²) in [6.45, 7) is 4.81. The Morgan fingerprint density at radius 3 is 2.18 bits per heavy atom. The van der Waals surface area contributed by atoms with Gasteiger partial charge in [-0.1, -0.05) is 5.21 Å². The van der Waals surface area contributed by atoms with Gasteiger partial charge >= 0.3 is 13.7 Å². The summed E-state index contributed by atoms with van der Waals surface area (Å²) in [6.07, 6.45) is 1.13. The summed E-state index contributed by atoms with van der Waals surface area (Å²) in [5, 5.41) is 6.95. The molecule has 0 aliphatic carbocycles. The minimum Gasteiger partial charge on any atom is -0.398 e. The lowest BCUT2D eigenvalue weighted by atomic mass is 9.86. The van der Waals surface area contributed by atoms with Gasteiger partial charge in [-0.15, -0.1) is 5.10 Å². The molecule has 0 saturated carbocycles. The predicted octanol–water partition coefficient (Wildman–Crippen LogP) is 0.972. The zero-order valence-corrected chi connectivity index (χ0v) is 10.1. The van der Waals surface area contributed by atoms with Crippen LogP contribution < -0.4 is 5.59 Å². The first-order valence-corrected chi connectivity index (χ1v) is 5.28. The van der Waals surface area contributed by atoms with Gasteiger partial charge in [-0.25, -0.2) is 0 Å². The summed E-state index contributed by atoms with van der Waals surface area (Å²) < 4.78 is 36.5. The molecule has 1 aromatic rings. The molecule has 1 aliphatic rings. The van der Waals surface area contributed by atoms with Crippen molar-refractivity contribution in [2.45, 2.75) is 45.4 Å². The van der Waals surface area contributed by atoms with Crippen LogP contribution in [0.3, 0.4) is 0 Å². The predicted molar refractivity (Wildman–Crippen MR) is 57.0 cm³/mol. The molecule has 0 atom stereocenters. The maximum absolute atomic E-state index is 12.4. The number of hydrogen-bond acceptors (Lipinski definition) is 4. The number of aromatic nitrogens is 3. The Hall–Kier alpha value is -1.02. The highest BCUT2D eigenvalue weighted by atomic mass is 19.3. The van der Waals surface area contributed by atoms with Crippen molar-refractivity contribution in [2.75, 3.05) is 0 Å². The van der Waals surface area contributed by atoms with E-state index in [1.807, 2.05) is 27.7 Å². The quantitative estimate of drug-likeness (QED) is 0.728. The third kappa shape index (κ3) is 2.06. The van der Waals surface area contributed by atoms with Crippen LogP contribution in [0.15, 0.2) is 6.20 Å². The Labute approximate surface area is 98.2 Å². The molecule has 17 heavy (non-hydrogen) atoms. The average molecular weight is 245 g/mol. The minimum absolute atomic E-state index is 0.254. The first-order valence-electron chi connectivity index (χ1n) is 5.28. The molecule has 0 spiro atoms. The smallest absolute Gasteiger partial charge is 0.398 e. The maximum atomic E-state index is 12.4. The average Bonchev–Trinajstić information content (AvgIpc) is 2.70. The highest BCUT2D eigenvalue weighted by molar-refractivity contribution is 6.61. The van der Waals surface area contributed by atoms with Gasteiger partial charge in [-0.3, -0.25) is 0 Å². The second-order valence-electron chi connectivity index (χ2n) is 4.99. The molecule has 8 heteroatoms. The summed E-state index contributed by atoms with van der Waals surface area (Å²) in [7, 11) is -0.757. The Morgan fingerprint density at radius 1 is 1.24 bits per heavy atom. The van der Waals surface area contributed by atoms with Crippen LogP contribution in [0.25, 0.3) is 0 Å². The zero-order chi connectivity index (χ0) is 12.8. The number of alkyl halides is 2. The van der Waals surface area contributed by atoms with Crippen molar-refractivity contribution in [3.63, 3.8) is 0 Å². The number of nitrogens with zero attached hydrogens (tertiary/aromatic N) is 3. The molecular weight excluding hydrogens is 231 g/mol. The highest BCUT2D eigenvalue weighted by Gasteiger charge is 2.52. The molecule has 0 bridgehead atoms. The molecule has 5 nitrogen and oxygen atoms in total. The van der Waals surface area contributed by atoms with Gasteiger partial charge in [0, 0.05) is 0 Å². The normalized spacial score (nSPS) is 22.4. The van der Waals surface area contributed by atoms with Crippen molar-refractivity contribution in [2.24, 2.45) is 0 Å². The first kappa shape index (κ1) is 12.4. The van der Waals surface area contributed by atoms with E-state index >= 15 is 0 Å².